The number of rotatable bonds is 1. The summed E-state index contributed by atoms with van der Waals surface area (Å²) >= 11 is 0. The largest absolute Gasteiger partial charge is 0.465 e. The maximum absolute atomic E-state index is 11.2. The smallest absolute Gasteiger partial charge is 0.343 e. The van der Waals surface area contributed by atoms with Crippen molar-refractivity contribution in [2.75, 3.05) is 7.11 Å². The van der Waals surface area contributed by atoms with Gasteiger partial charge in [0.1, 0.15) is 18.2 Å². The van der Waals surface area contributed by atoms with Crippen molar-refractivity contribution in [2.24, 2.45) is 0 Å². The molecule has 0 aliphatic rings. The second-order valence-corrected chi connectivity index (χ2v) is 2.33. The Kier molecular flexibility index (Phi) is 1.66. The van der Waals surface area contributed by atoms with E-state index in [0.717, 1.165) is 0 Å². The highest BCUT2D eigenvalue weighted by molar-refractivity contribution is 5.95. The molecule has 2 heterocycles. The second-order valence-electron chi connectivity index (χ2n) is 2.33. The van der Waals surface area contributed by atoms with Crippen molar-refractivity contribution in [3.63, 3.8) is 0 Å². The van der Waals surface area contributed by atoms with Gasteiger partial charge in [-0.3, -0.25) is 0 Å². The summed E-state index contributed by atoms with van der Waals surface area (Å²) in [7, 11) is 1.31. The number of methoxy groups -OCH3 is 1. The molecule has 0 amide bonds. The van der Waals surface area contributed by atoms with Crippen molar-refractivity contribution in [1.29, 1.82) is 0 Å². The molecule has 2 aromatic rings. The molecule has 0 saturated heterocycles. The van der Waals surface area contributed by atoms with Gasteiger partial charge in [-0.2, -0.15) is 5.10 Å². The first-order valence-electron chi connectivity index (χ1n) is 3.54. The molecule has 0 aromatic carbocycles. The summed E-state index contributed by atoms with van der Waals surface area (Å²) in [5, 5.41) is 3.83. The van der Waals surface area contributed by atoms with Gasteiger partial charge in [0, 0.05) is 6.20 Å². The Morgan fingerprint density at radius 1 is 1.62 bits per heavy atom. The van der Waals surface area contributed by atoms with Crippen LogP contribution in [0.3, 0.4) is 0 Å². The van der Waals surface area contributed by atoms with Gasteiger partial charge in [-0.25, -0.2) is 19.3 Å². The van der Waals surface area contributed by atoms with Gasteiger partial charge in [-0.05, 0) is 0 Å². The van der Waals surface area contributed by atoms with Crippen LogP contribution in [0.25, 0.3) is 5.65 Å². The lowest BCUT2D eigenvalue weighted by Gasteiger charge is -1.98. The van der Waals surface area contributed by atoms with E-state index in [1.165, 1.54) is 30.5 Å². The summed E-state index contributed by atoms with van der Waals surface area (Å²) in [6.07, 6.45) is 4.22. The molecule has 0 radical (unpaired) electrons. The van der Waals surface area contributed by atoms with Crippen LogP contribution < -0.4 is 0 Å². The summed E-state index contributed by atoms with van der Waals surface area (Å²) in [5.41, 5.74) is 0.754. The Morgan fingerprint density at radius 3 is 3.23 bits per heavy atom. The van der Waals surface area contributed by atoms with Gasteiger partial charge in [-0.15, -0.1) is 0 Å². The molecule has 2 rings (SSSR count). The monoisotopic (exact) mass is 178 g/mol. The predicted molar refractivity (Wildman–Crippen MR) is 42.1 cm³/mol. The van der Waals surface area contributed by atoms with Gasteiger partial charge >= 0.3 is 5.97 Å². The van der Waals surface area contributed by atoms with Crippen molar-refractivity contribution in [3.8, 4) is 0 Å². The number of nitrogens with zero attached hydrogens (tertiary/aromatic N) is 4. The zero-order chi connectivity index (χ0) is 9.26. The van der Waals surface area contributed by atoms with E-state index in [1.807, 2.05) is 0 Å². The van der Waals surface area contributed by atoms with Crippen molar-refractivity contribution in [1.82, 2.24) is 19.6 Å². The molecule has 13 heavy (non-hydrogen) atoms. The molecule has 0 saturated carbocycles. The van der Waals surface area contributed by atoms with Crippen molar-refractivity contribution in [2.45, 2.75) is 0 Å². The zero-order valence-corrected chi connectivity index (χ0v) is 6.84. The first-order valence-corrected chi connectivity index (χ1v) is 3.54. The molecule has 2 aromatic heterocycles. The van der Waals surface area contributed by atoms with Gasteiger partial charge in [0.2, 0.25) is 0 Å². The van der Waals surface area contributed by atoms with Gasteiger partial charge in [0.05, 0.1) is 7.11 Å². The van der Waals surface area contributed by atoms with Gasteiger partial charge in [-0.1, -0.05) is 0 Å². The molecule has 0 unspecified atom stereocenters. The van der Waals surface area contributed by atoms with Crippen LogP contribution in [0.4, 0.5) is 0 Å². The fourth-order valence-corrected chi connectivity index (χ4v) is 1.01. The van der Waals surface area contributed by atoms with Gasteiger partial charge < -0.3 is 4.74 Å². The Morgan fingerprint density at radius 2 is 2.46 bits per heavy atom. The van der Waals surface area contributed by atoms with E-state index in [1.54, 1.807) is 0 Å². The van der Waals surface area contributed by atoms with E-state index >= 15 is 0 Å². The van der Waals surface area contributed by atoms with Crippen LogP contribution in [0.5, 0.6) is 0 Å². The second kappa shape index (κ2) is 2.81. The maximum atomic E-state index is 11.2. The maximum Gasteiger partial charge on any atom is 0.343 e. The van der Waals surface area contributed by atoms with E-state index in [0.29, 0.717) is 11.2 Å². The lowest BCUT2D eigenvalue weighted by Crippen LogP contribution is -2.05. The third-order valence-corrected chi connectivity index (χ3v) is 1.60. The topological polar surface area (TPSA) is 69.4 Å². The summed E-state index contributed by atoms with van der Waals surface area (Å²) in [6, 6.07) is 0. The van der Waals surface area contributed by atoms with Gasteiger partial charge in [0.25, 0.3) is 0 Å². The van der Waals surface area contributed by atoms with Crippen LogP contribution in [0, 0.1) is 0 Å². The van der Waals surface area contributed by atoms with Crippen molar-refractivity contribution in [3.05, 3.63) is 24.4 Å². The Labute approximate surface area is 73.2 Å². The number of fused-ring (bicyclic) bond motifs is 1. The summed E-state index contributed by atoms with van der Waals surface area (Å²) in [6.45, 7) is 0. The lowest BCUT2D eigenvalue weighted by atomic mass is 10.3. The number of carbonyl (C=O) groups excluding carboxylic acids is 1. The van der Waals surface area contributed by atoms with Crippen LogP contribution in [-0.4, -0.2) is 32.7 Å². The molecule has 6 nitrogen and oxygen atoms in total. The normalized spacial score (nSPS) is 10.2. The zero-order valence-electron chi connectivity index (χ0n) is 6.84. The minimum absolute atomic E-state index is 0.308. The van der Waals surface area contributed by atoms with E-state index in [-0.39, 0.29) is 0 Å². The number of ether oxygens (including phenoxy) is 1. The molecule has 0 atom stereocenters. The number of hydrogen-bond donors (Lipinski definition) is 0. The van der Waals surface area contributed by atoms with Crippen LogP contribution in [-0.2, 0) is 4.74 Å². The highest BCUT2D eigenvalue weighted by atomic mass is 16.5. The molecular weight excluding hydrogens is 172 g/mol. The first kappa shape index (κ1) is 7.66. The SMILES string of the molecule is COC(=O)c1cncn2ncnc12. The van der Waals surface area contributed by atoms with Crippen molar-refractivity contribution < 1.29 is 9.53 Å². The number of aromatic nitrogens is 4. The average Bonchev–Trinajstić information content (AvgIpc) is 2.63. The molecule has 0 spiro atoms. The standard InChI is InChI=1S/C7H6N4O2/c1-13-7(12)5-2-8-4-11-6(5)9-3-10-11/h2-4H,1H3. The molecule has 0 aliphatic heterocycles. The quantitative estimate of drug-likeness (QED) is 0.571. The van der Waals surface area contributed by atoms with Crippen LogP contribution in [0.15, 0.2) is 18.9 Å². The average molecular weight is 178 g/mol. The predicted octanol–water partition coefficient (Wildman–Crippen LogP) is -0.0891. The third kappa shape index (κ3) is 1.12. The lowest BCUT2D eigenvalue weighted by molar-refractivity contribution is 0.0601. The summed E-state index contributed by atoms with van der Waals surface area (Å²) < 4.78 is 5.96. The Hall–Kier alpha value is -1.98. The minimum Gasteiger partial charge on any atom is -0.465 e. The van der Waals surface area contributed by atoms with E-state index < -0.39 is 5.97 Å². The molecular formula is C7H6N4O2. The van der Waals surface area contributed by atoms with Crippen LogP contribution >= 0.6 is 0 Å². The summed E-state index contributed by atoms with van der Waals surface area (Å²) in [4.78, 5) is 18.9. The highest BCUT2D eigenvalue weighted by Gasteiger charge is 2.12. The van der Waals surface area contributed by atoms with Crippen LogP contribution in [0.1, 0.15) is 10.4 Å². The molecule has 0 fully saturated rings. The first-order chi connectivity index (χ1) is 6.33. The fourth-order valence-electron chi connectivity index (χ4n) is 1.01. The van der Waals surface area contributed by atoms with Crippen molar-refractivity contribution >= 4 is 11.6 Å². The van der Waals surface area contributed by atoms with E-state index in [9.17, 15) is 4.79 Å². The Bertz CT molecular complexity index is 450. The molecule has 0 aliphatic carbocycles. The molecule has 6 heteroatoms. The molecule has 66 valence electrons. The van der Waals surface area contributed by atoms with Crippen LogP contribution in [0.2, 0.25) is 0 Å². The Balaban J connectivity index is 2.67. The minimum atomic E-state index is -0.467. The summed E-state index contributed by atoms with van der Waals surface area (Å²) in [5.74, 6) is -0.467. The van der Waals surface area contributed by atoms with E-state index in [4.69, 9.17) is 0 Å². The number of esters is 1. The third-order valence-electron chi connectivity index (χ3n) is 1.60. The number of carbonyl (C=O) groups is 1. The van der Waals surface area contributed by atoms with Gasteiger partial charge in [0.15, 0.2) is 5.65 Å². The highest BCUT2D eigenvalue weighted by Crippen LogP contribution is 2.05. The molecule has 0 N–H and O–H groups in total. The number of hydrogen-bond acceptors (Lipinski definition) is 5. The van der Waals surface area contributed by atoms with E-state index in [2.05, 4.69) is 19.8 Å². The molecule has 0 bridgehead atoms. The fraction of sp³-hybridized carbons (Fsp3) is 0.143.